The van der Waals surface area contributed by atoms with Crippen LogP contribution in [0.25, 0.3) is 0 Å². The molecule has 0 aliphatic heterocycles. The molecular formula is C9H15NO4. The van der Waals surface area contributed by atoms with Gasteiger partial charge in [0, 0.05) is 26.8 Å². The summed E-state index contributed by atoms with van der Waals surface area (Å²) in [6.45, 7) is 3.61. The van der Waals surface area contributed by atoms with Gasteiger partial charge < -0.3 is 14.4 Å². The summed E-state index contributed by atoms with van der Waals surface area (Å²) in [5.74, 6) is -0.497. The normalized spacial score (nSPS) is 9.29. The molecule has 0 aromatic carbocycles. The largest absolute Gasteiger partial charge is 0.464 e. The zero-order valence-corrected chi connectivity index (χ0v) is 8.49. The van der Waals surface area contributed by atoms with Gasteiger partial charge in [0.25, 0.3) is 0 Å². The van der Waals surface area contributed by atoms with Crippen LogP contribution in [-0.2, 0) is 19.1 Å². The van der Waals surface area contributed by atoms with Crippen LogP contribution >= 0.6 is 0 Å². The number of hydrogen-bond donors (Lipinski definition) is 0. The van der Waals surface area contributed by atoms with Crippen molar-refractivity contribution >= 4 is 18.2 Å². The number of ether oxygens (including phenoxy) is 1. The van der Waals surface area contributed by atoms with E-state index in [1.54, 1.807) is 0 Å². The number of amides is 1. The molecule has 0 aromatic heterocycles. The van der Waals surface area contributed by atoms with Crippen LogP contribution in [0.4, 0.5) is 0 Å². The van der Waals surface area contributed by atoms with Gasteiger partial charge in [-0.2, -0.15) is 0 Å². The second-order valence-electron chi connectivity index (χ2n) is 2.80. The molecule has 0 spiro atoms. The number of esters is 1. The Balaban J connectivity index is 3.78. The summed E-state index contributed by atoms with van der Waals surface area (Å²) in [6, 6.07) is 0. The number of nitrogens with zero attached hydrogens (tertiary/aromatic N) is 1. The molecule has 0 saturated carbocycles. The Morgan fingerprint density at radius 1 is 1.29 bits per heavy atom. The molecule has 80 valence electrons. The fourth-order valence-electron chi connectivity index (χ4n) is 0.935. The van der Waals surface area contributed by atoms with Crippen molar-refractivity contribution in [3.05, 3.63) is 0 Å². The highest BCUT2D eigenvalue weighted by Crippen LogP contribution is 1.92. The molecule has 0 aliphatic rings. The summed E-state index contributed by atoms with van der Waals surface area (Å²) >= 11 is 0. The summed E-state index contributed by atoms with van der Waals surface area (Å²) in [4.78, 5) is 33.0. The standard InChI is InChI=1S/C9H15NO4/c1-8(12)10(4-3-6-11)5-7-14-9(2)13/h6H,3-5,7H2,1-2H3. The smallest absolute Gasteiger partial charge is 0.302 e. The minimum absolute atomic E-state index is 0.126. The number of aldehydes is 1. The number of hydrogen-bond acceptors (Lipinski definition) is 4. The molecule has 0 unspecified atom stereocenters. The molecule has 0 saturated heterocycles. The second kappa shape index (κ2) is 7.06. The van der Waals surface area contributed by atoms with Crippen molar-refractivity contribution < 1.29 is 19.1 Å². The van der Waals surface area contributed by atoms with Crippen LogP contribution in [0.2, 0.25) is 0 Å². The summed E-state index contributed by atoms with van der Waals surface area (Å²) in [5, 5.41) is 0. The topological polar surface area (TPSA) is 63.7 Å². The monoisotopic (exact) mass is 201 g/mol. The molecule has 14 heavy (non-hydrogen) atoms. The Morgan fingerprint density at radius 2 is 1.93 bits per heavy atom. The Hall–Kier alpha value is -1.39. The van der Waals surface area contributed by atoms with Crippen molar-refractivity contribution in [2.24, 2.45) is 0 Å². The molecule has 5 nitrogen and oxygen atoms in total. The Labute approximate surface area is 83.0 Å². The van der Waals surface area contributed by atoms with E-state index >= 15 is 0 Å². The van der Waals surface area contributed by atoms with E-state index in [9.17, 15) is 14.4 Å². The lowest BCUT2D eigenvalue weighted by Gasteiger charge is -2.19. The minimum atomic E-state index is -0.371. The van der Waals surface area contributed by atoms with E-state index in [4.69, 9.17) is 0 Å². The molecule has 0 radical (unpaired) electrons. The zero-order valence-electron chi connectivity index (χ0n) is 8.49. The molecular weight excluding hydrogens is 186 g/mol. The first-order valence-corrected chi connectivity index (χ1v) is 4.40. The number of rotatable bonds is 6. The second-order valence-corrected chi connectivity index (χ2v) is 2.80. The van der Waals surface area contributed by atoms with Gasteiger partial charge in [-0.15, -0.1) is 0 Å². The predicted octanol–water partition coefficient (Wildman–Crippen LogP) is -0.0130. The van der Waals surface area contributed by atoms with Gasteiger partial charge in [0.15, 0.2) is 0 Å². The third-order valence-corrected chi connectivity index (χ3v) is 1.63. The first-order valence-electron chi connectivity index (χ1n) is 4.40. The molecule has 0 aliphatic carbocycles. The first kappa shape index (κ1) is 12.6. The molecule has 0 heterocycles. The van der Waals surface area contributed by atoms with Crippen molar-refractivity contribution in [3.8, 4) is 0 Å². The van der Waals surface area contributed by atoms with E-state index in [0.29, 0.717) is 19.5 Å². The Bertz CT molecular complexity index is 215. The third-order valence-electron chi connectivity index (χ3n) is 1.63. The van der Waals surface area contributed by atoms with Gasteiger partial charge in [-0.1, -0.05) is 0 Å². The molecule has 0 fully saturated rings. The fraction of sp³-hybridized carbons (Fsp3) is 0.667. The lowest BCUT2D eigenvalue weighted by atomic mass is 10.4. The lowest BCUT2D eigenvalue weighted by Crippen LogP contribution is -2.33. The highest BCUT2D eigenvalue weighted by Gasteiger charge is 2.07. The maximum absolute atomic E-state index is 11.0. The average molecular weight is 201 g/mol. The van der Waals surface area contributed by atoms with E-state index in [-0.39, 0.29) is 18.5 Å². The molecule has 0 aromatic rings. The minimum Gasteiger partial charge on any atom is -0.464 e. The third kappa shape index (κ3) is 6.16. The Kier molecular flexibility index (Phi) is 6.36. The van der Waals surface area contributed by atoms with Gasteiger partial charge in [0.1, 0.15) is 12.9 Å². The average Bonchev–Trinajstić information content (AvgIpc) is 2.09. The maximum atomic E-state index is 11.0. The van der Waals surface area contributed by atoms with E-state index in [0.717, 1.165) is 6.29 Å². The summed E-state index contributed by atoms with van der Waals surface area (Å²) in [6.07, 6.45) is 1.06. The molecule has 5 heteroatoms. The SMILES string of the molecule is CC(=O)OCCN(CCC=O)C(C)=O. The summed E-state index contributed by atoms with van der Waals surface area (Å²) < 4.78 is 4.68. The quantitative estimate of drug-likeness (QED) is 0.448. The van der Waals surface area contributed by atoms with Gasteiger partial charge in [0.2, 0.25) is 5.91 Å². The highest BCUT2D eigenvalue weighted by molar-refractivity contribution is 5.73. The van der Waals surface area contributed by atoms with Gasteiger partial charge in [-0.25, -0.2) is 0 Å². The van der Waals surface area contributed by atoms with Crippen LogP contribution in [0.3, 0.4) is 0 Å². The van der Waals surface area contributed by atoms with Gasteiger partial charge >= 0.3 is 5.97 Å². The molecule has 0 bridgehead atoms. The molecule has 0 rings (SSSR count). The fourth-order valence-corrected chi connectivity index (χ4v) is 0.935. The molecule has 0 atom stereocenters. The summed E-state index contributed by atoms with van der Waals surface area (Å²) in [7, 11) is 0. The number of carbonyl (C=O) groups is 3. The van der Waals surface area contributed by atoms with Crippen molar-refractivity contribution in [1.82, 2.24) is 4.90 Å². The highest BCUT2D eigenvalue weighted by atomic mass is 16.5. The summed E-state index contributed by atoms with van der Waals surface area (Å²) in [5.41, 5.74) is 0. The van der Waals surface area contributed by atoms with Gasteiger partial charge in [0.05, 0.1) is 6.54 Å². The maximum Gasteiger partial charge on any atom is 0.302 e. The Morgan fingerprint density at radius 3 is 2.36 bits per heavy atom. The van der Waals surface area contributed by atoms with Crippen LogP contribution in [0.1, 0.15) is 20.3 Å². The predicted molar refractivity (Wildman–Crippen MR) is 49.6 cm³/mol. The molecule has 1 amide bonds. The van der Waals surface area contributed by atoms with Crippen molar-refractivity contribution in [2.45, 2.75) is 20.3 Å². The van der Waals surface area contributed by atoms with Crippen LogP contribution in [0.5, 0.6) is 0 Å². The molecule has 0 N–H and O–H groups in total. The van der Waals surface area contributed by atoms with E-state index in [1.165, 1.54) is 18.7 Å². The van der Waals surface area contributed by atoms with Crippen molar-refractivity contribution in [3.63, 3.8) is 0 Å². The van der Waals surface area contributed by atoms with Crippen LogP contribution in [-0.4, -0.2) is 42.8 Å². The van der Waals surface area contributed by atoms with Crippen LogP contribution in [0.15, 0.2) is 0 Å². The van der Waals surface area contributed by atoms with Gasteiger partial charge in [-0.3, -0.25) is 9.59 Å². The van der Waals surface area contributed by atoms with Gasteiger partial charge in [-0.05, 0) is 0 Å². The van der Waals surface area contributed by atoms with Crippen LogP contribution < -0.4 is 0 Å². The first-order chi connectivity index (χ1) is 6.57. The lowest BCUT2D eigenvalue weighted by molar-refractivity contribution is -0.143. The van der Waals surface area contributed by atoms with Crippen molar-refractivity contribution in [2.75, 3.05) is 19.7 Å². The van der Waals surface area contributed by atoms with E-state index < -0.39 is 0 Å². The van der Waals surface area contributed by atoms with E-state index in [1.807, 2.05) is 0 Å². The zero-order chi connectivity index (χ0) is 11.0. The van der Waals surface area contributed by atoms with Crippen molar-refractivity contribution in [1.29, 1.82) is 0 Å². The van der Waals surface area contributed by atoms with Crippen LogP contribution in [0, 0.1) is 0 Å². The number of carbonyl (C=O) groups excluding carboxylic acids is 3. The van der Waals surface area contributed by atoms with E-state index in [2.05, 4.69) is 4.74 Å².